The first-order chi connectivity index (χ1) is 13.6. The topological polar surface area (TPSA) is 74.7 Å². The lowest BCUT2D eigenvalue weighted by atomic mass is 9.85. The van der Waals surface area contributed by atoms with E-state index in [2.05, 4.69) is 10.3 Å². The number of aliphatic imine (C=N–C) groups is 1. The van der Waals surface area contributed by atoms with Crippen LogP contribution in [0.1, 0.15) is 34.6 Å². The van der Waals surface area contributed by atoms with E-state index in [1.54, 1.807) is 6.07 Å². The number of fused-ring (bicyclic) bond motifs is 2. The Morgan fingerprint density at radius 2 is 1.96 bits per heavy atom. The van der Waals surface area contributed by atoms with Crippen molar-refractivity contribution < 1.29 is 9.59 Å². The summed E-state index contributed by atoms with van der Waals surface area (Å²) in [6.45, 7) is 3.11. The summed E-state index contributed by atoms with van der Waals surface area (Å²) in [7, 11) is 0. The van der Waals surface area contributed by atoms with Crippen molar-refractivity contribution in [2.24, 2.45) is 16.8 Å². The highest BCUT2D eigenvalue weighted by molar-refractivity contribution is 6.15. The van der Waals surface area contributed by atoms with Gasteiger partial charge >= 0.3 is 0 Å². The lowest BCUT2D eigenvalue weighted by molar-refractivity contribution is -0.124. The average Bonchev–Trinajstić information content (AvgIpc) is 3.37. The zero-order valence-electron chi connectivity index (χ0n) is 15.8. The summed E-state index contributed by atoms with van der Waals surface area (Å²) in [5.74, 6) is 0.929. The minimum atomic E-state index is -0.745. The maximum Gasteiger partial charge on any atom is 0.272 e. The molecule has 1 spiro atoms. The molecular formula is C22H22N4O2. The zero-order valence-corrected chi connectivity index (χ0v) is 15.8. The number of hydrogen-bond donors (Lipinski definition) is 1. The Bertz CT molecular complexity index is 987. The van der Waals surface area contributed by atoms with Gasteiger partial charge in [0.2, 0.25) is 0 Å². The van der Waals surface area contributed by atoms with Gasteiger partial charge in [-0.25, -0.2) is 4.98 Å². The van der Waals surface area contributed by atoms with Gasteiger partial charge in [0, 0.05) is 30.3 Å². The Labute approximate surface area is 163 Å². The van der Waals surface area contributed by atoms with Crippen molar-refractivity contribution in [3.05, 3.63) is 65.5 Å². The van der Waals surface area contributed by atoms with Crippen LogP contribution in [-0.4, -0.2) is 46.2 Å². The van der Waals surface area contributed by atoms with E-state index in [1.165, 1.54) is 0 Å². The summed E-state index contributed by atoms with van der Waals surface area (Å²) >= 11 is 0. The molecule has 28 heavy (non-hydrogen) atoms. The van der Waals surface area contributed by atoms with Crippen LogP contribution in [0.3, 0.4) is 0 Å². The molecule has 0 bridgehead atoms. The van der Waals surface area contributed by atoms with Crippen molar-refractivity contribution in [1.82, 2.24) is 15.2 Å². The van der Waals surface area contributed by atoms with Crippen LogP contribution >= 0.6 is 0 Å². The highest BCUT2D eigenvalue weighted by Gasteiger charge is 2.59. The number of likely N-dealkylation sites (tertiary alicyclic amines) is 1. The minimum Gasteiger partial charge on any atom is -0.337 e. The van der Waals surface area contributed by atoms with Gasteiger partial charge in [-0.15, -0.1) is 0 Å². The van der Waals surface area contributed by atoms with Crippen molar-refractivity contribution in [3.63, 3.8) is 0 Å². The number of nitrogens with zero attached hydrogens (tertiary/aromatic N) is 3. The molecule has 2 fully saturated rings. The van der Waals surface area contributed by atoms with Gasteiger partial charge in [-0.2, -0.15) is 0 Å². The number of benzene rings is 1. The SMILES string of the molecule is Cc1cccc(C(=O)N2C[C@@H]3CC[C@]4(N=C(c5ccccc5)NC4=O)[C@@H]3C2)n1. The molecule has 1 saturated carbocycles. The number of pyridine rings is 1. The summed E-state index contributed by atoms with van der Waals surface area (Å²) in [6.07, 6.45) is 1.66. The molecular weight excluding hydrogens is 352 g/mol. The summed E-state index contributed by atoms with van der Waals surface area (Å²) in [4.78, 5) is 37.0. The van der Waals surface area contributed by atoms with E-state index in [9.17, 15) is 9.59 Å². The molecule has 3 aliphatic rings. The number of rotatable bonds is 2. The van der Waals surface area contributed by atoms with Crippen LogP contribution in [0.5, 0.6) is 0 Å². The third-order valence-electron chi connectivity index (χ3n) is 6.33. The highest BCUT2D eigenvalue weighted by Crippen LogP contribution is 2.49. The summed E-state index contributed by atoms with van der Waals surface area (Å²) < 4.78 is 0. The fourth-order valence-electron chi connectivity index (χ4n) is 4.93. The molecule has 1 saturated heterocycles. The number of carbonyl (C=O) groups excluding carboxylic acids is 2. The van der Waals surface area contributed by atoms with Crippen LogP contribution in [0.15, 0.2) is 53.5 Å². The second-order valence-corrected chi connectivity index (χ2v) is 7.98. The number of hydrogen-bond acceptors (Lipinski definition) is 4. The van der Waals surface area contributed by atoms with Crippen molar-refractivity contribution >= 4 is 17.6 Å². The van der Waals surface area contributed by atoms with Crippen LogP contribution < -0.4 is 5.32 Å². The number of amides is 2. The maximum absolute atomic E-state index is 13.0. The van der Waals surface area contributed by atoms with E-state index in [-0.39, 0.29) is 17.7 Å². The zero-order chi connectivity index (χ0) is 19.3. The fourth-order valence-corrected chi connectivity index (χ4v) is 4.93. The molecule has 6 heteroatoms. The third-order valence-corrected chi connectivity index (χ3v) is 6.33. The quantitative estimate of drug-likeness (QED) is 0.876. The predicted molar refractivity (Wildman–Crippen MR) is 105 cm³/mol. The predicted octanol–water partition coefficient (Wildman–Crippen LogP) is 2.19. The Hall–Kier alpha value is -3.02. The van der Waals surface area contributed by atoms with E-state index in [1.807, 2.05) is 54.3 Å². The normalized spacial score (nSPS) is 28.4. The first kappa shape index (κ1) is 17.1. The molecule has 3 atom stereocenters. The van der Waals surface area contributed by atoms with Crippen LogP contribution in [0, 0.1) is 18.8 Å². The van der Waals surface area contributed by atoms with Crippen molar-refractivity contribution in [3.8, 4) is 0 Å². The first-order valence-electron chi connectivity index (χ1n) is 9.76. The van der Waals surface area contributed by atoms with Gasteiger partial charge in [-0.05, 0) is 37.8 Å². The van der Waals surface area contributed by atoms with Gasteiger partial charge in [-0.1, -0.05) is 36.4 Å². The molecule has 0 unspecified atom stereocenters. The van der Waals surface area contributed by atoms with Gasteiger partial charge in [0.25, 0.3) is 11.8 Å². The van der Waals surface area contributed by atoms with E-state index in [0.717, 1.165) is 24.1 Å². The van der Waals surface area contributed by atoms with Crippen molar-refractivity contribution in [2.45, 2.75) is 25.3 Å². The van der Waals surface area contributed by atoms with Crippen LogP contribution in [-0.2, 0) is 4.79 Å². The number of aryl methyl sites for hydroxylation is 1. The molecule has 2 aromatic rings. The fraction of sp³-hybridized carbons (Fsp3) is 0.364. The number of aromatic nitrogens is 1. The van der Waals surface area contributed by atoms with Crippen LogP contribution in [0.2, 0.25) is 0 Å². The Balaban J connectivity index is 1.42. The molecule has 2 aliphatic heterocycles. The first-order valence-corrected chi connectivity index (χ1v) is 9.76. The molecule has 6 nitrogen and oxygen atoms in total. The van der Waals surface area contributed by atoms with Gasteiger partial charge in [0.1, 0.15) is 17.1 Å². The Morgan fingerprint density at radius 3 is 2.75 bits per heavy atom. The number of amidine groups is 1. The average molecular weight is 374 g/mol. The second kappa shape index (κ2) is 6.26. The molecule has 1 aromatic carbocycles. The van der Waals surface area contributed by atoms with E-state index in [0.29, 0.717) is 30.5 Å². The summed E-state index contributed by atoms with van der Waals surface area (Å²) in [5, 5.41) is 2.99. The number of carbonyl (C=O) groups is 2. The molecule has 1 aromatic heterocycles. The molecule has 2 amide bonds. The van der Waals surface area contributed by atoms with Crippen molar-refractivity contribution in [1.29, 1.82) is 0 Å². The molecule has 5 rings (SSSR count). The third kappa shape index (κ3) is 2.55. The standard InChI is InChI=1S/C22H22N4O2/c1-14-6-5-9-18(23-14)20(27)26-12-16-10-11-22(17(16)13-26)21(28)24-19(25-22)15-7-3-2-4-8-15/h2-9,16-17H,10-13H2,1H3,(H,24,25,28)/t16-,17+,22-/m0/s1. The molecule has 1 N–H and O–H groups in total. The summed E-state index contributed by atoms with van der Waals surface area (Å²) in [6, 6.07) is 15.2. The molecule has 0 radical (unpaired) electrons. The van der Waals surface area contributed by atoms with Crippen molar-refractivity contribution in [2.75, 3.05) is 13.1 Å². The van der Waals surface area contributed by atoms with E-state index >= 15 is 0 Å². The lowest BCUT2D eigenvalue weighted by Crippen LogP contribution is -2.45. The molecule has 1 aliphatic carbocycles. The molecule has 142 valence electrons. The van der Waals surface area contributed by atoms with Gasteiger partial charge in [0.05, 0.1) is 0 Å². The van der Waals surface area contributed by atoms with Gasteiger partial charge < -0.3 is 10.2 Å². The smallest absolute Gasteiger partial charge is 0.272 e. The van der Waals surface area contributed by atoms with Gasteiger partial charge in [0.15, 0.2) is 0 Å². The largest absolute Gasteiger partial charge is 0.337 e. The number of nitrogens with one attached hydrogen (secondary N) is 1. The van der Waals surface area contributed by atoms with E-state index < -0.39 is 5.54 Å². The minimum absolute atomic E-state index is 0.0261. The van der Waals surface area contributed by atoms with Crippen LogP contribution in [0.4, 0.5) is 0 Å². The summed E-state index contributed by atoms with van der Waals surface area (Å²) in [5.41, 5.74) is 1.48. The Morgan fingerprint density at radius 1 is 1.14 bits per heavy atom. The Kier molecular flexibility index (Phi) is 3.82. The monoisotopic (exact) mass is 374 g/mol. The van der Waals surface area contributed by atoms with E-state index in [4.69, 9.17) is 4.99 Å². The molecule has 3 heterocycles. The lowest BCUT2D eigenvalue weighted by Gasteiger charge is -2.25. The van der Waals surface area contributed by atoms with Gasteiger partial charge in [-0.3, -0.25) is 14.6 Å². The van der Waals surface area contributed by atoms with Crippen LogP contribution in [0.25, 0.3) is 0 Å². The highest BCUT2D eigenvalue weighted by atomic mass is 16.2. The second-order valence-electron chi connectivity index (χ2n) is 7.98. The maximum atomic E-state index is 13.0.